The Labute approximate surface area is 130 Å². The molecule has 0 aliphatic rings. The Balaban J connectivity index is 2.10. The van der Waals surface area contributed by atoms with Crippen LogP contribution in [0.5, 0.6) is 5.75 Å². The number of rotatable bonds is 6. The van der Waals surface area contributed by atoms with Gasteiger partial charge in [-0.05, 0) is 42.7 Å². The Morgan fingerprint density at radius 3 is 2.27 bits per heavy atom. The van der Waals surface area contributed by atoms with Crippen LogP contribution in [0.2, 0.25) is 0 Å². The summed E-state index contributed by atoms with van der Waals surface area (Å²) in [6.07, 6.45) is 0. The van der Waals surface area contributed by atoms with Crippen LogP contribution < -0.4 is 4.74 Å². The van der Waals surface area contributed by atoms with Gasteiger partial charge in [-0.3, -0.25) is 0 Å². The first-order valence-corrected chi connectivity index (χ1v) is 7.06. The lowest BCUT2D eigenvalue weighted by atomic mass is 10.0. The molecule has 0 amide bonds. The van der Waals surface area contributed by atoms with Crippen molar-refractivity contribution in [1.29, 1.82) is 0 Å². The zero-order valence-electron chi connectivity index (χ0n) is 13.1. The molecule has 0 saturated carbocycles. The summed E-state index contributed by atoms with van der Waals surface area (Å²) in [6.45, 7) is 4.18. The van der Waals surface area contributed by atoms with Crippen molar-refractivity contribution in [1.82, 2.24) is 0 Å². The highest BCUT2D eigenvalue weighted by Crippen LogP contribution is 2.23. The van der Waals surface area contributed by atoms with E-state index in [0.717, 1.165) is 22.4 Å². The van der Waals surface area contributed by atoms with E-state index in [9.17, 15) is 4.79 Å². The Bertz CT molecular complexity index is 612. The molecule has 0 spiro atoms. The number of hydrogen-bond acceptors (Lipinski definition) is 4. The number of esters is 1. The van der Waals surface area contributed by atoms with Crippen LogP contribution in [0, 0.1) is 13.8 Å². The largest absolute Gasteiger partial charge is 0.489 e. The number of benzene rings is 2. The van der Waals surface area contributed by atoms with E-state index in [1.54, 1.807) is 0 Å². The molecule has 2 rings (SSSR count). The molecular weight excluding hydrogens is 280 g/mol. The van der Waals surface area contributed by atoms with Crippen molar-refractivity contribution in [3.8, 4) is 5.75 Å². The molecule has 4 heteroatoms. The minimum atomic E-state index is -0.383. The molecule has 0 aliphatic carbocycles. The summed E-state index contributed by atoms with van der Waals surface area (Å²) >= 11 is 0. The molecule has 4 nitrogen and oxygen atoms in total. The number of methoxy groups -OCH3 is 1. The number of ether oxygens (including phenoxy) is 3. The Morgan fingerprint density at radius 1 is 1.05 bits per heavy atom. The maximum absolute atomic E-state index is 12.0. The van der Waals surface area contributed by atoms with Crippen LogP contribution >= 0.6 is 0 Å². The smallest absolute Gasteiger partial charge is 0.340 e. The van der Waals surface area contributed by atoms with Gasteiger partial charge in [-0.2, -0.15) is 0 Å². The minimum Gasteiger partial charge on any atom is -0.489 e. The van der Waals surface area contributed by atoms with Crippen molar-refractivity contribution >= 4 is 5.97 Å². The fourth-order valence-corrected chi connectivity index (χ4v) is 2.25. The van der Waals surface area contributed by atoms with Gasteiger partial charge in [0.25, 0.3) is 0 Å². The van der Waals surface area contributed by atoms with E-state index < -0.39 is 0 Å². The van der Waals surface area contributed by atoms with Gasteiger partial charge in [-0.15, -0.1) is 0 Å². The molecule has 0 aliphatic heterocycles. The zero-order valence-corrected chi connectivity index (χ0v) is 13.1. The maximum atomic E-state index is 12.0. The van der Waals surface area contributed by atoms with Gasteiger partial charge in [-0.25, -0.2) is 4.79 Å². The van der Waals surface area contributed by atoms with Gasteiger partial charge in [0, 0.05) is 7.11 Å². The van der Waals surface area contributed by atoms with Crippen molar-refractivity contribution < 1.29 is 19.0 Å². The van der Waals surface area contributed by atoms with Crippen LogP contribution in [0.25, 0.3) is 0 Å². The fourth-order valence-electron chi connectivity index (χ4n) is 2.25. The van der Waals surface area contributed by atoms with Crippen molar-refractivity contribution in [2.24, 2.45) is 0 Å². The molecule has 0 unspecified atom stereocenters. The van der Waals surface area contributed by atoms with E-state index in [1.165, 1.54) is 7.11 Å². The second-order valence-electron chi connectivity index (χ2n) is 5.04. The standard InChI is InChI=1S/C18H20O4/c1-13-9-16(21-11-15-7-5-4-6-8-15)10-14(2)17(13)18(19)22-12-20-3/h4-10H,11-12H2,1-3H3. The van der Waals surface area contributed by atoms with Gasteiger partial charge in [0.15, 0.2) is 6.79 Å². The third-order valence-corrected chi connectivity index (χ3v) is 3.27. The molecule has 0 radical (unpaired) electrons. The van der Waals surface area contributed by atoms with Gasteiger partial charge in [-0.1, -0.05) is 30.3 Å². The molecule has 2 aromatic rings. The maximum Gasteiger partial charge on any atom is 0.340 e. The molecule has 0 N–H and O–H groups in total. The monoisotopic (exact) mass is 300 g/mol. The molecule has 0 heterocycles. The Hall–Kier alpha value is -2.33. The summed E-state index contributed by atoms with van der Waals surface area (Å²) in [5, 5.41) is 0. The Morgan fingerprint density at radius 2 is 1.68 bits per heavy atom. The summed E-state index contributed by atoms with van der Waals surface area (Å²) in [4.78, 5) is 12.0. The lowest BCUT2D eigenvalue weighted by Crippen LogP contribution is -2.11. The van der Waals surface area contributed by atoms with Crippen LogP contribution in [0.4, 0.5) is 0 Å². The summed E-state index contributed by atoms with van der Waals surface area (Å²) in [5.74, 6) is 0.355. The molecule has 0 saturated heterocycles. The van der Waals surface area contributed by atoms with Crippen molar-refractivity contribution in [3.63, 3.8) is 0 Å². The molecule has 116 valence electrons. The summed E-state index contributed by atoms with van der Waals surface area (Å²) < 4.78 is 15.6. The topological polar surface area (TPSA) is 44.8 Å². The van der Waals surface area contributed by atoms with E-state index in [1.807, 2.05) is 56.3 Å². The highest BCUT2D eigenvalue weighted by Gasteiger charge is 2.15. The number of carbonyl (C=O) groups is 1. The number of aryl methyl sites for hydroxylation is 2. The third kappa shape index (κ3) is 4.09. The van der Waals surface area contributed by atoms with Crippen LogP contribution in [0.3, 0.4) is 0 Å². The van der Waals surface area contributed by atoms with E-state index in [-0.39, 0.29) is 12.8 Å². The number of hydrogen-bond donors (Lipinski definition) is 0. The second-order valence-corrected chi connectivity index (χ2v) is 5.04. The Kier molecular flexibility index (Phi) is 5.55. The zero-order chi connectivity index (χ0) is 15.9. The van der Waals surface area contributed by atoms with Crippen molar-refractivity contribution in [2.45, 2.75) is 20.5 Å². The van der Waals surface area contributed by atoms with Crippen molar-refractivity contribution in [3.05, 3.63) is 64.7 Å². The van der Waals surface area contributed by atoms with Crippen LogP contribution in [-0.2, 0) is 16.1 Å². The lowest BCUT2D eigenvalue weighted by Gasteiger charge is -2.13. The molecule has 22 heavy (non-hydrogen) atoms. The first kappa shape index (κ1) is 16.0. The second kappa shape index (κ2) is 7.61. The third-order valence-electron chi connectivity index (χ3n) is 3.27. The summed E-state index contributed by atoms with van der Waals surface area (Å²) in [7, 11) is 1.48. The van der Waals surface area contributed by atoms with Crippen LogP contribution in [0.1, 0.15) is 27.0 Å². The molecular formula is C18H20O4. The fraction of sp³-hybridized carbons (Fsp3) is 0.278. The average Bonchev–Trinajstić information content (AvgIpc) is 2.51. The highest BCUT2D eigenvalue weighted by atomic mass is 16.7. The van der Waals surface area contributed by atoms with Gasteiger partial charge in [0.05, 0.1) is 5.56 Å². The normalized spacial score (nSPS) is 10.3. The predicted octanol–water partition coefficient (Wildman–Crippen LogP) is 3.64. The van der Waals surface area contributed by atoms with Gasteiger partial charge < -0.3 is 14.2 Å². The van der Waals surface area contributed by atoms with E-state index in [0.29, 0.717) is 12.2 Å². The SMILES string of the molecule is COCOC(=O)c1c(C)cc(OCc2ccccc2)cc1C. The molecule has 0 bridgehead atoms. The summed E-state index contributed by atoms with van der Waals surface area (Å²) in [5.41, 5.74) is 3.30. The van der Waals surface area contributed by atoms with Crippen molar-refractivity contribution in [2.75, 3.05) is 13.9 Å². The van der Waals surface area contributed by atoms with Gasteiger partial charge >= 0.3 is 5.97 Å². The molecule has 0 aromatic heterocycles. The minimum absolute atomic E-state index is 0.0516. The molecule has 0 atom stereocenters. The quantitative estimate of drug-likeness (QED) is 0.603. The van der Waals surface area contributed by atoms with Gasteiger partial charge in [0.2, 0.25) is 0 Å². The first-order chi connectivity index (χ1) is 10.6. The van der Waals surface area contributed by atoms with E-state index in [4.69, 9.17) is 14.2 Å². The van der Waals surface area contributed by atoms with E-state index >= 15 is 0 Å². The number of carbonyl (C=O) groups excluding carboxylic acids is 1. The predicted molar refractivity (Wildman–Crippen MR) is 84.0 cm³/mol. The van der Waals surface area contributed by atoms with E-state index in [2.05, 4.69) is 0 Å². The average molecular weight is 300 g/mol. The van der Waals surface area contributed by atoms with Gasteiger partial charge in [0.1, 0.15) is 12.4 Å². The highest BCUT2D eigenvalue weighted by molar-refractivity contribution is 5.92. The molecule has 2 aromatic carbocycles. The van der Waals surface area contributed by atoms with Crippen LogP contribution in [0.15, 0.2) is 42.5 Å². The first-order valence-electron chi connectivity index (χ1n) is 7.06. The molecule has 0 fully saturated rings. The van der Waals surface area contributed by atoms with Crippen LogP contribution in [-0.4, -0.2) is 19.9 Å². The summed E-state index contributed by atoms with van der Waals surface area (Å²) in [6, 6.07) is 13.6. The lowest BCUT2D eigenvalue weighted by molar-refractivity contribution is -0.0126.